The lowest BCUT2D eigenvalue weighted by molar-refractivity contribution is -0.144. The number of carboxylic acid groups (broad SMARTS) is 1. The van der Waals surface area contributed by atoms with Crippen molar-refractivity contribution in [1.82, 2.24) is 10.2 Å². The second-order valence-corrected chi connectivity index (χ2v) is 6.07. The number of hydrogen-bond acceptors (Lipinski definition) is 5. The maximum atomic E-state index is 12.5. The summed E-state index contributed by atoms with van der Waals surface area (Å²) in [6.07, 6.45) is 1.21. The van der Waals surface area contributed by atoms with E-state index in [1.54, 1.807) is 24.3 Å². The summed E-state index contributed by atoms with van der Waals surface area (Å²) in [6.45, 7) is -0.142. The van der Waals surface area contributed by atoms with Gasteiger partial charge in [0.15, 0.2) is 0 Å². The Morgan fingerprint density at radius 1 is 1.28 bits per heavy atom. The minimum Gasteiger partial charge on any atom is -0.480 e. The van der Waals surface area contributed by atoms with E-state index in [0.29, 0.717) is 19.4 Å². The van der Waals surface area contributed by atoms with Crippen LogP contribution in [0.15, 0.2) is 30.3 Å². The second kappa shape index (κ2) is 8.59. The van der Waals surface area contributed by atoms with Crippen LogP contribution in [0.25, 0.3) is 0 Å². The number of nitrogens with two attached hydrogens (primary N) is 1. The van der Waals surface area contributed by atoms with Crippen molar-refractivity contribution in [3.63, 3.8) is 0 Å². The Bertz CT molecular complexity index is 622. The summed E-state index contributed by atoms with van der Waals surface area (Å²) in [4.78, 5) is 37.4. The molecule has 1 fully saturated rings. The lowest BCUT2D eigenvalue weighted by atomic mass is 10.1. The smallest absolute Gasteiger partial charge is 0.326 e. The zero-order chi connectivity index (χ0) is 18.4. The van der Waals surface area contributed by atoms with Crippen molar-refractivity contribution in [3.8, 4) is 0 Å². The molecule has 0 radical (unpaired) electrons. The minimum absolute atomic E-state index is 0.152. The summed E-state index contributed by atoms with van der Waals surface area (Å²) in [5.41, 5.74) is 6.33. The fraction of sp³-hybridized carbons (Fsp3) is 0.471. The number of nitrogens with zero attached hydrogens (tertiary/aromatic N) is 1. The summed E-state index contributed by atoms with van der Waals surface area (Å²) < 4.78 is 0. The van der Waals surface area contributed by atoms with E-state index in [4.69, 9.17) is 10.8 Å². The first-order chi connectivity index (χ1) is 11.9. The lowest BCUT2D eigenvalue weighted by Crippen LogP contribution is -2.54. The molecule has 1 aliphatic rings. The van der Waals surface area contributed by atoms with E-state index in [0.717, 1.165) is 5.56 Å². The quantitative estimate of drug-likeness (QED) is 0.505. The van der Waals surface area contributed by atoms with E-state index < -0.39 is 42.5 Å². The van der Waals surface area contributed by atoms with Crippen LogP contribution in [-0.4, -0.2) is 64.2 Å². The molecule has 1 aliphatic heterocycles. The molecule has 2 rings (SSSR count). The van der Waals surface area contributed by atoms with Crippen molar-refractivity contribution in [2.24, 2.45) is 5.73 Å². The maximum absolute atomic E-state index is 12.5. The summed E-state index contributed by atoms with van der Waals surface area (Å²) in [7, 11) is 0. The molecule has 25 heavy (non-hydrogen) atoms. The van der Waals surface area contributed by atoms with Crippen molar-refractivity contribution >= 4 is 17.8 Å². The monoisotopic (exact) mass is 349 g/mol. The molecular weight excluding hydrogens is 326 g/mol. The van der Waals surface area contributed by atoms with Crippen LogP contribution >= 0.6 is 0 Å². The first-order valence-corrected chi connectivity index (χ1v) is 8.18. The number of aliphatic hydroxyl groups is 1. The number of carbonyl (C=O) groups is 3. The number of carbonyl (C=O) groups excluding carboxylic acids is 2. The highest BCUT2D eigenvalue weighted by molar-refractivity contribution is 5.92. The Morgan fingerprint density at radius 2 is 1.96 bits per heavy atom. The molecule has 2 amide bonds. The molecule has 0 unspecified atom stereocenters. The summed E-state index contributed by atoms with van der Waals surface area (Å²) in [5.74, 6) is -2.16. The Labute approximate surface area is 145 Å². The van der Waals surface area contributed by atoms with Gasteiger partial charge < -0.3 is 26.2 Å². The van der Waals surface area contributed by atoms with E-state index in [2.05, 4.69) is 5.32 Å². The van der Waals surface area contributed by atoms with Gasteiger partial charge in [-0.1, -0.05) is 30.3 Å². The van der Waals surface area contributed by atoms with Crippen LogP contribution in [0.1, 0.15) is 18.4 Å². The molecule has 1 aromatic rings. The molecule has 8 heteroatoms. The Balaban J connectivity index is 2.04. The molecule has 8 nitrogen and oxygen atoms in total. The maximum Gasteiger partial charge on any atom is 0.326 e. The average molecular weight is 349 g/mol. The number of nitrogens with one attached hydrogen (secondary N) is 1. The zero-order valence-corrected chi connectivity index (χ0v) is 13.8. The number of amides is 2. The standard InChI is InChI=1S/C17H23N3O5/c18-12(10-21)16(23)20-8-4-7-14(20)15(22)19-13(17(24)25)9-11-5-2-1-3-6-11/h1-3,5-6,12-14,21H,4,7-10,18H2,(H,19,22)(H,24,25)/t12-,13-,14-/m0/s1. The summed E-state index contributed by atoms with van der Waals surface area (Å²) >= 11 is 0. The third-order valence-electron chi connectivity index (χ3n) is 4.25. The Hall–Kier alpha value is -2.45. The molecule has 5 N–H and O–H groups in total. The van der Waals surface area contributed by atoms with Crippen molar-refractivity contribution in [2.75, 3.05) is 13.2 Å². The van der Waals surface area contributed by atoms with Crippen LogP contribution in [0.3, 0.4) is 0 Å². The number of likely N-dealkylation sites (tertiary alicyclic amines) is 1. The molecular formula is C17H23N3O5. The number of hydrogen-bond donors (Lipinski definition) is 4. The largest absolute Gasteiger partial charge is 0.480 e. The molecule has 0 aliphatic carbocycles. The fourth-order valence-electron chi connectivity index (χ4n) is 2.91. The van der Waals surface area contributed by atoms with Gasteiger partial charge in [-0.05, 0) is 18.4 Å². The Kier molecular flexibility index (Phi) is 6.49. The van der Waals surface area contributed by atoms with E-state index in [9.17, 15) is 19.5 Å². The van der Waals surface area contributed by atoms with Crippen LogP contribution < -0.4 is 11.1 Å². The molecule has 0 saturated carbocycles. The molecule has 0 bridgehead atoms. The third kappa shape index (κ3) is 4.77. The summed E-state index contributed by atoms with van der Waals surface area (Å²) in [5, 5.41) is 20.9. The van der Waals surface area contributed by atoms with E-state index in [-0.39, 0.29) is 6.42 Å². The van der Waals surface area contributed by atoms with Gasteiger partial charge in [0.25, 0.3) is 0 Å². The fourth-order valence-corrected chi connectivity index (χ4v) is 2.91. The van der Waals surface area contributed by atoms with Crippen molar-refractivity contribution < 1.29 is 24.6 Å². The van der Waals surface area contributed by atoms with Gasteiger partial charge >= 0.3 is 5.97 Å². The Morgan fingerprint density at radius 3 is 2.56 bits per heavy atom. The number of carboxylic acids is 1. The van der Waals surface area contributed by atoms with E-state index in [1.165, 1.54) is 4.90 Å². The highest BCUT2D eigenvalue weighted by Crippen LogP contribution is 2.18. The number of aliphatic carboxylic acids is 1. The van der Waals surface area contributed by atoms with Gasteiger partial charge in [0.2, 0.25) is 11.8 Å². The van der Waals surface area contributed by atoms with Crippen LogP contribution in [0.5, 0.6) is 0 Å². The van der Waals surface area contributed by atoms with Gasteiger partial charge in [0.05, 0.1) is 6.61 Å². The van der Waals surface area contributed by atoms with Gasteiger partial charge in [-0.15, -0.1) is 0 Å². The topological polar surface area (TPSA) is 133 Å². The first-order valence-electron chi connectivity index (χ1n) is 8.18. The highest BCUT2D eigenvalue weighted by atomic mass is 16.4. The third-order valence-corrected chi connectivity index (χ3v) is 4.25. The predicted molar refractivity (Wildman–Crippen MR) is 89.5 cm³/mol. The molecule has 1 heterocycles. The van der Waals surface area contributed by atoms with Crippen molar-refractivity contribution in [1.29, 1.82) is 0 Å². The lowest BCUT2D eigenvalue weighted by Gasteiger charge is -2.27. The van der Waals surface area contributed by atoms with Gasteiger partial charge in [-0.3, -0.25) is 9.59 Å². The van der Waals surface area contributed by atoms with Crippen LogP contribution in [0.2, 0.25) is 0 Å². The van der Waals surface area contributed by atoms with Crippen LogP contribution in [-0.2, 0) is 20.8 Å². The van der Waals surface area contributed by atoms with Gasteiger partial charge in [-0.25, -0.2) is 4.79 Å². The normalized spacial score (nSPS) is 19.3. The first kappa shape index (κ1) is 18.9. The average Bonchev–Trinajstić information content (AvgIpc) is 3.10. The molecule has 1 aromatic carbocycles. The van der Waals surface area contributed by atoms with Crippen LogP contribution in [0, 0.1) is 0 Å². The zero-order valence-electron chi connectivity index (χ0n) is 13.8. The van der Waals surface area contributed by atoms with Crippen molar-refractivity contribution in [3.05, 3.63) is 35.9 Å². The van der Waals surface area contributed by atoms with Gasteiger partial charge in [-0.2, -0.15) is 0 Å². The number of aliphatic hydroxyl groups excluding tert-OH is 1. The SMILES string of the molecule is N[C@@H](CO)C(=O)N1CCC[C@H]1C(=O)N[C@@H](Cc1ccccc1)C(=O)O. The molecule has 1 saturated heterocycles. The van der Waals surface area contributed by atoms with Crippen molar-refractivity contribution in [2.45, 2.75) is 37.4 Å². The summed E-state index contributed by atoms with van der Waals surface area (Å²) in [6, 6.07) is 6.06. The van der Waals surface area contributed by atoms with Gasteiger partial charge in [0, 0.05) is 13.0 Å². The van der Waals surface area contributed by atoms with Crippen LogP contribution in [0.4, 0.5) is 0 Å². The molecule has 0 aromatic heterocycles. The number of benzene rings is 1. The molecule has 136 valence electrons. The van der Waals surface area contributed by atoms with Gasteiger partial charge in [0.1, 0.15) is 18.1 Å². The molecule has 0 spiro atoms. The minimum atomic E-state index is -1.14. The number of rotatable bonds is 7. The van der Waals surface area contributed by atoms with E-state index in [1.807, 2.05) is 6.07 Å². The second-order valence-electron chi connectivity index (χ2n) is 6.07. The van der Waals surface area contributed by atoms with E-state index >= 15 is 0 Å². The predicted octanol–water partition coefficient (Wildman–Crippen LogP) is -0.891. The highest BCUT2D eigenvalue weighted by Gasteiger charge is 2.37. The molecule has 3 atom stereocenters.